The van der Waals surface area contributed by atoms with Gasteiger partial charge < -0.3 is 4.79 Å². The number of sulfone groups is 1. The molecule has 0 N–H and O–H groups in total. The maximum atomic E-state index is 12.7. The summed E-state index contributed by atoms with van der Waals surface area (Å²) in [6.45, 7) is 0. The highest BCUT2D eigenvalue weighted by molar-refractivity contribution is 9.10. The number of aldehydes is 1. The van der Waals surface area contributed by atoms with E-state index in [0.29, 0.717) is 5.02 Å². The predicted octanol–water partition coefficient (Wildman–Crippen LogP) is 3.86. The molecule has 3 rings (SSSR count). The van der Waals surface area contributed by atoms with Crippen molar-refractivity contribution < 1.29 is 13.2 Å². The third-order valence-electron chi connectivity index (χ3n) is 3.92. The van der Waals surface area contributed by atoms with E-state index >= 15 is 0 Å². The monoisotopic (exact) mass is 398 g/mol. The summed E-state index contributed by atoms with van der Waals surface area (Å²) in [6.07, 6.45) is 0.741. The van der Waals surface area contributed by atoms with Crippen LogP contribution in [0.4, 0.5) is 0 Å². The Kier molecular flexibility index (Phi) is 4.14. The predicted molar refractivity (Wildman–Crippen MR) is 88.9 cm³/mol. The molecule has 3 atom stereocenters. The van der Waals surface area contributed by atoms with Crippen molar-refractivity contribution in [1.82, 2.24) is 0 Å². The van der Waals surface area contributed by atoms with Crippen molar-refractivity contribution in [3.63, 3.8) is 0 Å². The minimum Gasteiger partial charge on any atom is -0.303 e. The van der Waals surface area contributed by atoms with E-state index in [4.69, 9.17) is 11.6 Å². The van der Waals surface area contributed by atoms with Crippen LogP contribution in [0.5, 0.6) is 0 Å². The third kappa shape index (κ3) is 2.73. The van der Waals surface area contributed by atoms with Gasteiger partial charge in [-0.25, -0.2) is 8.42 Å². The van der Waals surface area contributed by atoms with Gasteiger partial charge in [0.1, 0.15) is 6.29 Å². The van der Waals surface area contributed by atoms with Gasteiger partial charge in [-0.1, -0.05) is 39.7 Å². The average Bonchev–Trinajstić information content (AvgIpc) is 3.24. The second kappa shape index (κ2) is 5.80. The van der Waals surface area contributed by atoms with E-state index in [-0.39, 0.29) is 10.8 Å². The molecule has 0 aliphatic heterocycles. The standard InChI is InChI=1S/C16H12BrClO3S/c17-11-3-1-10(2-4-11)15-14(9-19)16(15)22(20,21)13-7-5-12(18)6-8-13/h1-9,14-16H/t14-,15+,16+/m1/s1. The van der Waals surface area contributed by atoms with Gasteiger partial charge in [0.15, 0.2) is 9.84 Å². The Labute approximate surface area is 142 Å². The first-order chi connectivity index (χ1) is 10.4. The van der Waals surface area contributed by atoms with Crippen LogP contribution in [-0.2, 0) is 14.6 Å². The number of benzene rings is 2. The minimum atomic E-state index is -3.55. The molecule has 1 aliphatic rings. The van der Waals surface area contributed by atoms with Gasteiger partial charge in [-0.2, -0.15) is 0 Å². The smallest absolute Gasteiger partial charge is 0.182 e. The maximum absolute atomic E-state index is 12.7. The lowest BCUT2D eigenvalue weighted by molar-refractivity contribution is -0.108. The Morgan fingerprint density at radius 3 is 2.14 bits per heavy atom. The summed E-state index contributed by atoms with van der Waals surface area (Å²) < 4.78 is 26.3. The van der Waals surface area contributed by atoms with Crippen LogP contribution in [0, 0.1) is 5.92 Å². The largest absolute Gasteiger partial charge is 0.303 e. The van der Waals surface area contributed by atoms with E-state index in [9.17, 15) is 13.2 Å². The normalized spacial score (nSPS) is 24.0. The van der Waals surface area contributed by atoms with Crippen molar-refractivity contribution in [3.05, 3.63) is 63.6 Å². The van der Waals surface area contributed by atoms with Gasteiger partial charge in [-0.15, -0.1) is 0 Å². The summed E-state index contributed by atoms with van der Waals surface area (Å²) in [5, 5.41) is -0.224. The molecule has 3 nitrogen and oxygen atoms in total. The van der Waals surface area contributed by atoms with Crippen LogP contribution >= 0.6 is 27.5 Å². The second-order valence-electron chi connectivity index (χ2n) is 5.25. The van der Waals surface area contributed by atoms with Crippen molar-refractivity contribution in [2.24, 2.45) is 5.92 Å². The van der Waals surface area contributed by atoms with E-state index in [1.807, 2.05) is 24.3 Å². The molecule has 0 saturated heterocycles. The topological polar surface area (TPSA) is 51.2 Å². The fourth-order valence-corrected chi connectivity index (χ4v) is 5.25. The van der Waals surface area contributed by atoms with E-state index in [1.165, 1.54) is 12.1 Å². The van der Waals surface area contributed by atoms with E-state index < -0.39 is 21.0 Å². The maximum Gasteiger partial charge on any atom is 0.182 e. The number of hydrogen-bond donors (Lipinski definition) is 0. The Bertz CT molecular complexity index is 800. The molecule has 1 saturated carbocycles. The van der Waals surface area contributed by atoms with Gasteiger partial charge in [0, 0.05) is 21.3 Å². The summed E-state index contributed by atoms with van der Waals surface area (Å²) in [5.74, 6) is -0.784. The molecule has 2 aromatic rings. The Balaban J connectivity index is 1.95. The van der Waals surface area contributed by atoms with Crippen molar-refractivity contribution in [2.45, 2.75) is 16.1 Å². The van der Waals surface area contributed by atoms with Crippen molar-refractivity contribution in [3.8, 4) is 0 Å². The van der Waals surface area contributed by atoms with Crippen LogP contribution in [0.2, 0.25) is 5.02 Å². The Morgan fingerprint density at radius 2 is 1.59 bits per heavy atom. The number of rotatable bonds is 4. The quantitative estimate of drug-likeness (QED) is 0.734. The number of hydrogen-bond acceptors (Lipinski definition) is 3. The van der Waals surface area contributed by atoms with Crippen molar-refractivity contribution >= 4 is 43.7 Å². The van der Waals surface area contributed by atoms with Crippen LogP contribution in [-0.4, -0.2) is 20.0 Å². The van der Waals surface area contributed by atoms with Crippen molar-refractivity contribution in [1.29, 1.82) is 0 Å². The molecule has 0 radical (unpaired) electrons. The van der Waals surface area contributed by atoms with Crippen LogP contribution in [0.25, 0.3) is 0 Å². The molecule has 0 bridgehead atoms. The molecule has 0 aromatic heterocycles. The highest BCUT2D eigenvalue weighted by Gasteiger charge is 2.58. The van der Waals surface area contributed by atoms with Crippen LogP contribution < -0.4 is 0 Å². The lowest BCUT2D eigenvalue weighted by Crippen LogP contribution is -2.11. The van der Waals surface area contributed by atoms with E-state index in [2.05, 4.69) is 15.9 Å². The number of carbonyl (C=O) groups excluding carboxylic acids is 1. The Morgan fingerprint density at radius 1 is 1.00 bits per heavy atom. The lowest BCUT2D eigenvalue weighted by Gasteiger charge is -2.04. The molecule has 0 spiro atoms. The van der Waals surface area contributed by atoms with Gasteiger partial charge >= 0.3 is 0 Å². The molecule has 114 valence electrons. The summed E-state index contributed by atoms with van der Waals surface area (Å²) >= 11 is 9.14. The van der Waals surface area contributed by atoms with Gasteiger partial charge in [0.2, 0.25) is 0 Å². The molecule has 0 unspecified atom stereocenters. The summed E-state index contributed by atoms with van der Waals surface area (Å²) in [6, 6.07) is 13.4. The molecule has 22 heavy (non-hydrogen) atoms. The second-order valence-corrected chi connectivity index (χ2v) is 8.71. The molecule has 6 heteroatoms. The SMILES string of the molecule is O=C[C@@H]1[C@H](c2ccc(Br)cc2)[C@H]1S(=O)(=O)c1ccc(Cl)cc1. The van der Waals surface area contributed by atoms with Crippen molar-refractivity contribution in [2.75, 3.05) is 0 Å². The van der Waals surface area contributed by atoms with Crippen LogP contribution in [0.1, 0.15) is 11.5 Å². The first-order valence-corrected chi connectivity index (χ1v) is 9.37. The summed E-state index contributed by atoms with van der Waals surface area (Å²) in [4.78, 5) is 11.5. The molecule has 1 fully saturated rings. The average molecular weight is 400 g/mol. The van der Waals surface area contributed by atoms with E-state index in [1.54, 1.807) is 12.1 Å². The fourth-order valence-electron chi connectivity index (χ4n) is 2.75. The zero-order valence-corrected chi connectivity index (χ0v) is 14.5. The number of carbonyl (C=O) groups is 1. The first-order valence-electron chi connectivity index (χ1n) is 6.65. The Hall–Kier alpha value is -1.17. The highest BCUT2D eigenvalue weighted by atomic mass is 79.9. The summed E-state index contributed by atoms with van der Waals surface area (Å²) in [7, 11) is -3.55. The molecule has 1 aliphatic carbocycles. The number of halogens is 2. The van der Waals surface area contributed by atoms with Crippen LogP contribution in [0.3, 0.4) is 0 Å². The van der Waals surface area contributed by atoms with Gasteiger partial charge in [-0.3, -0.25) is 0 Å². The highest BCUT2D eigenvalue weighted by Crippen LogP contribution is 2.52. The fraction of sp³-hybridized carbons (Fsp3) is 0.188. The van der Waals surface area contributed by atoms with E-state index in [0.717, 1.165) is 16.3 Å². The van der Waals surface area contributed by atoms with Gasteiger partial charge in [0.25, 0.3) is 0 Å². The van der Waals surface area contributed by atoms with Gasteiger partial charge in [-0.05, 0) is 42.0 Å². The third-order valence-corrected chi connectivity index (χ3v) is 6.95. The zero-order valence-electron chi connectivity index (χ0n) is 11.3. The van der Waals surface area contributed by atoms with Crippen LogP contribution in [0.15, 0.2) is 57.9 Å². The first kappa shape index (κ1) is 15.7. The molecule has 2 aromatic carbocycles. The lowest BCUT2D eigenvalue weighted by atomic mass is 10.1. The molecular weight excluding hydrogens is 388 g/mol. The summed E-state index contributed by atoms with van der Waals surface area (Å²) in [5.41, 5.74) is 0.864. The minimum absolute atomic E-state index is 0.202. The molecular formula is C16H12BrClO3S. The van der Waals surface area contributed by atoms with Gasteiger partial charge in [0.05, 0.1) is 10.1 Å². The molecule has 0 heterocycles. The molecule has 0 amide bonds. The zero-order chi connectivity index (χ0) is 15.9.